The Kier molecular flexibility index (Phi) is 5.52. The smallest absolute Gasteiger partial charge is 0.336 e. The Morgan fingerprint density at radius 2 is 1.44 bits per heavy atom. The molecular formula is C24H28O2Si. The average molecular weight is 377 g/mol. The van der Waals surface area contributed by atoms with Crippen LogP contribution >= 0.6 is 0 Å². The minimum absolute atomic E-state index is 0.00493. The predicted molar refractivity (Wildman–Crippen MR) is 115 cm³/mol. The lowest BCUT2D eigenvalue weighted by atomic mass is 10.1. The van der Waals surface area contributed by atoms with E-state index in [1.54, 1.807) is 6.08 Å². The molecule has 0 N–H and O–H groups in total. The third kappa shape index (κ3) is 3.70. The first-order valence-electron chi connectivity index (χ1n) is 9.65. The fourth-order valence-corrected chi connectivity index (χ4v) is 8.92. The van der Waals surface area contributed by atoms with Crippen LogP contribution in [0.5, 0.6) is 0 Å². The van der Waals surface area contributed by atoms with Gasteiger partial charge < -0.3 is 4.74 Å². The quantitative estimate of drug-likeness (QED) is 0.556. The molecule has 0 aromatic heterocycles. The largest absolute Gasteiger partial charge is 0.424 e. The number of cyclic esters (lactones) is 1. The Balaban J connectivity index is 2.30. The number of esters is 1. The van der Waals surface area contributed by atoms with Gasteiger partial charge in [0.05, 0.1) is 0 Å². The molecule has 0 aliphatic carbocycles. The van der Waals surface area contributed by atoms with E-state index in [4.69, 9.17) is 4.74 Å². The zero-order valence-electron chi connectivity index (χ0n) is 16.7. The third-order valence-electron chi connectivity index (χ3n) is 5.33. The number of allylic oxidation sites excluding steroid dienone is 1. The van der Waals surface area contributed by atoms with E-state index in [9.17, 15) is 4.79 Å². The summed E-state index contributed by atoms with van der Waals surface area (Å²) in [6.45, 7) is 9.03. The van der Waals surface area contributed by atoms with Crippen LogP contribution in [0.25, 0.3) is 0 Å². The number of carbonyl (C=O) groups is 1. The molecule has 0 fully saturated rings. The van der Waals surface area contributed by atoms with Gasteiger partial charge in [-0.15, -0.1) is 0 Å². The molecule has 1 heterocycles. The maximum absolute atomic E-state index is 12.0. The minimum atomic E-state index is -2.39. The monoisotopic (exact) mass is 376 g/mol. The van der Waals surface area contributed by atoms with Crippen molar-refractivity contribution in [3.05, 3.63) is 83.8 Å². The highest BCUT2D eigenvalue weighted by molar-refractivity contribution is 7.07. The topological polar surface area (TPSA) is 26.3 Å². The minimum Gasteiger partial charge on any atom is -0.424 e. The Hall–Kier alpha value is -2.39. The molecule has 0 bridgehead atoms. The van der Waals surface area contributed by atoms with Crippen molar-refractivity contribution in [2.75, 3.05) is 0 Å². The summed E-state index contributed by atoms with van der Waals surface area (Å²) in [6, 6.07) is 21.4. The summed E-state index contributed by atoms with van der Waals surface area (Å²) >= 11 is 0. The molecule has 3 rings (SSSR count). The van der Waals surface area contributed by atoms with Crippen molar-refractivity contribution < 1.29 is 9.53 Å². The summed E-state index contributed by atoms with van der Waals surface area (Å²) in [7, 11) is -2.39. The molecule has 3 heteroatoms. The Labute approximate surface area is 163 Å². The van der Waals surface area contributed by atoms with Crippen LogP contribution in [-0.2, 0) is 9.53 Å². The molecule has 140 valence electrons. The number of hydrogen-bond donors (Lipinski definition) is 0. The second kappa shape index (κ2) is 7.69. The van der Waals surface area contributed by atoms with E-state index in [0.29, 0.717) is 0 Å². The molecule has 1 aliphatic rings. The lowest BCUT2D eigenvalue weighted by molar-refractivity contribution is -0.132. The molecule has 0 atom stereocenters. The first-order valence-corrected chi connectivity index (χ1v) is 11.7. The highest BCUT2D eigenvalue weighted by Crippen LogP contribution is 2.39. The SMILES string of the molecule is CCCC1=CC(=O)O/C1=C\[Si](c1ccccc1)(c1ccccc1)C(C)(C)C. The second-order valence-electron chi connectivity index (χ2n) is 8.14. The molecule has 0 saturated carbocycles. The van der Waals surface area contributed by atoms with Gasteiger partial charge >= 0.3 is 5.97 Å². The lowest BCUT2D eigenvalue weighted by Crippen LogP contribution is -2.63. The lowest BCUT2D eigenvalue weighted by Gasteiger charge is -2.42. The number of rotatable bonds is 5. The van der Waals surface area contributed by atoms with Crippen LogP contribution in [-0.4, -0.2) is 14.0 Å². The zero-order valence-corrected chi connectivity index (χ0v) is 17.7. The number of hydrogen-bond acceptors (Lipinski definition) is 2. The number of ether oxygens (including phenoxy) is 1. The van der Waals surface area contributed by atoms with Gasteiger partial charge in [0.1, 0.15) is 13.8 Å². The molecule has 2 aromatic rings. The maximum Gasteiger partial charge on any atom is 0.336 e. The van der Waals surface area contributed by atoms with Gasteiger partial charge in [0.15, 0.2) is 0 Å². The van der Waals surface area contributed by atoms with Crippen molar-refractivity contribution in [1.82, 2.24) is 0 Å². The second-order valence-corrected chi connectivity index (χ2v) is 12.7. The third-order valence-corrected chi connectivity index (χ3v) is 10.9. The fourth-order valence-electron chi connectivity index (χ4n) is 4.02. The fraction of sp³-hybridized carbons (Fsp3) is 0.292. The van der Waals surface area contributed by atoms with E-state index >= 15 is 0 Å². The molecular weight excluding hydrogens is 348 g/mol. The standard InChI is InChI=1S/C24H28O2Si/c1-5-12-19-17-23(25)26-22(19)18-27(24(2,3)4,20-13-8-6-9-14-20)21-15-10-7-11-16-21/h6-11,13-18H,5,12H2,1-4H3/b22-18-. The summed E-state index contributed by atoms with van der Waals surface area (Å²) in [5, 5.41) is 2.65. The van der Waals surface area contributed by atoms with Crippen molar-refractivity contribution in [3.63, 3.8) is 0 Å². The van der Waals surface area contributed by atoms with Crippen LogP contribution in [0.15, 0.2) is 83.8 Å². The van der Waals surface area contributed by atoms with Gasteiger partial charge in [0, 0.05) is 11.6 Å². The first kappa shape index (κ1) is 19.4. The van der Waals surface area contributed by atoms with Gasteiger partial charge in [0.25, 0.3) is 0 Å². The summed E-state index contributed by atoms with van der Waals surface area (Å²) in [5.41, 5.74) is 3.33. The van der Waals surface area contributed by atoms with E-state index in [0.717, 1.165) is 24.2 Å². The van der Waals surface area contributed by atoms with E-state index in [1.807, 2.05) is 0 Å². The average Bonchev–Trinajstić information content (AvgIpc) is 2.99. The van der Waals surface area contributed by atoms with Crippen LogP contribution < -0.4 is 10.4 Å². The number of benzene rings is 2. The highest BCUT2D eigenvalue weighted by Gasteiger charge is 2.47. The number of carbonyl (C=O) groups excluding carboxylic acids is 1. The van der Waals surface area contributed by atoms with Gasteiger partial charge in [-0.25, -0.2) is 4.79 Å². The van der Waals surface area contributed by atoms with Crippen LogP contribution in [0, 0.1) is 0 Å². The maximum atomic E-state index is 12.0. The van der Waals surface area contributed by atoms with Crippen LogP contribution in [0.2, 0.25) is 5.04 Å². The zero-order chi connectivity index (χ0) is 19.5. The summed E-state index contributed by atoms with van der Waals surface area (Å²) < 4.78 is 5.68. The van der Waals surface area contributed by atoms with Gasteiger partial charge in [-0.05, 0) is 27.5 Å². The van der Waals surface area contributed by atoms with Gasteiger partial charge in [-0.2, -0.15) is 0 Å². The van der Waals surface area contributed by atoms with Crippen molar-refractivity contribution >= 4 is 24.4 Å². The summed E-state index contributed by atoms with van der Waals surface area (Å²) in [5.74, 6) is 0.513. The van der Waals surface area contributed by atoms with Crippen molar-refractivity contribution in [2.24, 2.45) is 0 Å². The van der Waals surface area contributed by atoms with Crippen molar-refractivity contribution in [1.29, 1.82) is 0 Å². The van der Waals surface area contributed by atoms with Crippen LogP contribution in [0.3, 0.4) is 0 Å². The van der Waals surface area contributed by atoms with Crippen LogP contribution in [0.1, 0.15) is 40.5 Å². The van der Waals surface area contributed by atoms with Crippen molar-refractivity contribution in [2.45, 2.75) is 45.6 Å². The Morgan fingerprint density at radius 3 is 1.89 bits per heavy atom. The molecule has 0 spiro atoms. The molecule has 2 aromatic carbocycles. The first-order chi connectivity index (χ1) is 12.9. The summed E-state index contributed by atoms with van der Waals surface area (Å²) in [6.07, 6.45) is 3.50. The predicted octanol–water partition coefficient (Wildman–Crippen LogP) is 4.76. The molecule has 0 saturated heterocycles. The van der Waals surface area contributed by atoms with E-state index in [-0.39, 0.29) is 11.0 Å². The van der Waals surface area contributed by atoms with Gasteiger partial charge in [0.2, 0.25) is 0 Å². The van der Waals surface area contributed by atoms with Crippen LogP contribution in [0.4, 0.5) is 0 Å². The van der Waals surface area contributed by atoms with E-state index in [1.165, 1.54) is 10.4 Å². The Morgan fingerprint density at radius 1 is 0.926 bits per heavy atom. The highest BCUT2D eigenvalue weighted by atomic mass is 28.3. The van der Waals surface area contributed by atoms with E-state index < -0.39 is 8.07 Å². The Bertz CT molecular complexity index is 819. The summed E-state index contributed by atoms with van der Waals surface area (Å²) in [4.78, 5) is 12.0. The molecule has 2 nitrogen and oxygen atoms in total. The molecule has 0 radical (unpaired) electrons. The van der Waals surface area contributed by atoms with Gasteiger partial charge in [-0.1, -0.05) is 94.8 Å². The normalized spacial score (nSPS) is 16.4. The molecule has 27 heavy (non-hydrogen) atoms. The molecule has 1 aliphatic heterocycles. The van der Waals surface area contributed by atoms with Crippen molar-refractivity contribution in [3.8, 4) is 0 Å². The molecule has 0 amide bonds. The molecule has 0 unspecified atom stereocenters. The van der Waals surface area contributed by atoms with E-state index in [2.05, 4.69) is 94.1 Å². The van der Waals surface area contributed by atoms with Gasteiger partial charge in [-0.3, -0.25) is 0 Å².